The number of ether oxygens (including phenoxy) is 1. The number of hydrogen-bond acceptors (Lipinski definition) is 5. The molecule has 3 aromatic rings. The minimum absolute atomic E-state index is 0.0536. The van der Waals surface area contributed by atoms with Crippen LogP contribution in [0.15, 0.2) is 35.4 Å². The van der Waals surface area contributed by atoms with Crippen molar-refractivity contribution in [2.75, 3.05) is 5.32 Å². The maximum atomic E-state index is 12.2. The first-order chi connectivity index (χ1) is 11.0. The van der Waals surface area contributed by atoms with Crippen LogP contribution in [0.2, 0.25) is 5.02 Å². The molecule has 3 rings (SSSR count). The van der Waals surface area contributed by atoms with E-state index in [1.165, 1.54) is 18.3 Å². The molecule has 0 amide bonds. The van der Waals surface area contributed by atoms with E-state index in [2.05, 4.69) is 25.2 Å². The monoisotopic (exact) mass is 341 g/mol. The number of aromatic nitrogens is 4. The molecule has 0 unspecified atom stereocenters. The second-order valence-corrected chi connectivity index (χ2v) is 4.88. The first kappa shape index (κ1) is 15.2. The van der Waals surface area contributed by atoms with Gasteiger partial charge in [-0.2, -0.15) is 8.78 Å². The zero-order chi connectivity index (χ0) is 16.4. The van der Waals surface area contributed by atoms with Crippen molar-refractivity contribution in [1.29, 1.82) is 0 Å². The van der Waals surface area contributed by atoms with E-state index in [1.807, 2.05) is 0 Å². The van der Waals surface area contributed by atoms with Gasteiger partial charge < -0.3 is 15.0 Å². The van der Waals surface area contributed by atoms with Gasteiger partial charge in [0.2, 0.25) is 5.65 Å². The number of anilines is 1. The van der Waals surface area contributed by atoms with Crippen LogP contribution in [0.3, 0.4) is 0 Å². The number of halogens is 3. The summed E-state index contributed by atoms with van der Waals surface area (Å²) in [6, 6.07) is 4.33. The molecule has 7 nitrogen and oxygen atoms in total. The van der Waals surface area contributed by atoms with E-state index in [-0.39, 0.29) is 28.5 Å². The van der Waals surface area contributed by atoms with E-state index >= 15 is 0 Å². The summed E-state index contributed by atoms with van der Waals surface area (Å²) in [6.45, 7) is -2.68. The third-order valence-electron chi connectivity index (χ3n) is 3.01. The lowest BCUT2D eigenvalue weighted by Gasteiger charge is -2.09. The summed E-state index contributed by atoms with van der Waals surface area (Å²) in [5.41, 5.74) is 0.420. The SMILES string of the molecule is O=c1[nH]ccn2c(CNc3ccc(OC(F)F)c(Cl)c3)nnc12. The summed E-state index contributed by atoms with van der Waals surface area (Å²) in [5, 5.41) is 10.8. The first-order valence-corrected chi connectivity index (χ1v) is 6.82. The van der Waals surface area contributed by atoms with E-state index in [9.17, 15) is 13.6 Å². The largest absolute Gasteiger partial charge is 0.433 e. The molecule has 0 aliphatic heterocycles. The molecule has 0 atom stereocenters. The zero-order valence-corrected chi connectivity index (χ0v) is 12.2. The molecule has 10 heteroatoms. The lowest BCUT2D eigenvalue weighted by atomic mass is 10.3. The minimum Gasteiger partial charge on any atom is -0.433 e. The van der Waals surface area contributed by atoms with Crippen molar-refractivity contribution in [3.05, 3.63) is 51.8 Å². The van der Waals surface area contributed by atoms with Crippen LogP contribution < -0.4 is 15.6 Å². The fourth-order valence-electron chi connectivity index (χ4n) is 1.99. The fraction of sp³-hybridized carbons (Fsp3) is 0.154. The van der Waals surface area contributed by atoms with E-state index in [1.54, 1.807) is 16.7 Å². The quantitative estimate of drug-likeness (QED) is 0.744. The third kappa shape index (κ3) is 3.24. The first-order valence-electron chi connectivity index (χ1n) is 6.44. The van der Waals surface area contributed by atoms with Gasteiger partial charge in [-0.3, -0.25) is 9.20 Å². The van der Waals surface area contributed by atoms with Crippen molar-refractivity contribution in [2.45, 2.75) is 13.2 Å². The molecule has 2 aromatic heterocycles. The van der Waals surface area contributed by atoms with E-state index in [4.69, 9.17) is 11.6 Å². The topological polar surface area (TPSA) is 84.3 Å². The van der Waals surface area contributed by atoms with Gasteiger partial charge in [0, 0.05) is 18.1 Å². The maximum Gasteiger partial charge on any atom is 0.387 e. The van der Waals surface area contributed by atoms with Gasteiger partial charge >= 0.3 is 6.61 Å². The molecular formula is C13H10ClF2N5O2. The number of H-pyrrole nitrogens is 1. The lowest BCUT2D eigenvalue weighted by Crippen LogP contribution is -2.10. The lowest BCUT2D eigenvalue weighted by molar-refractivity contribution is -0.0497. The highest BCUT2D eigenvalue weighted by molar-refractivity contribution is 6.32. The molecule has 1 aromatic carbocycles. The Morgan fingerprint density at radius 2 is 2.22 bits per heavy atom. The Morgan fingerprint density at radius 1 is 1.39 bits per heavy atom. The van der Waals surface area contributed by atoms with E-state index in [0.717, 1.165) is 0 Å². The number of alkyl halides is 2. The van der Waals surface area contributed by atoms with Crippen molar-refractivity contribution in [1.82, 2.24) is 19.6 Å². The molecule has 0 bridgehead atoms. The highest BCUT2D eigenvalue weighted by Gasteiger charge is 2.10. The smallest absolute Gasteiger partial charge is 0.387 e. The van der Waals surface area contributed by atoms with Crippen molar-refractivity contribution in [2.24, 2.45) is 0 Å². The molecule has 0 saturated heterocycles. The fourth-order valence-corrected chi connectivity index (χ4v) is 2.22. The molecule has 2 heterocycles. The Kier molecular flexibility index (Phi) is 4.11. The number of fused-ring (bicyclic) bond motifs is 1. The summed E-state index contributed by atoms with van der Waals surface area (Å²) < 4.78 is 30.2. The van der Waals surface area contributed by atoms with Crippen LogP contribution in [-0.4, -0.2) is 26.2 Å². The highest BCUT2D eigenvalue weighted by atomic mass is 35.5. The summed E-state index contributed by atoms with van der Waals surface area (Å²) >= 11 is 5.87. The Hall–Kier alpha value is -2.68. The van der Waals surface area contributed by atoms with Crippen LogP contribution in [0.25, 0.3) is 5.65 Å². The zero-order valence-electron chi connectivity index (χ0n) is 11.5. The predicted octanol–water partition coefficient (Wildman–Crippen LogP) is 2.28. The molecule has 120 valence electrons. The average molecular weight is 342 g/mol. The standard InChI is InChI=1S/C13H10ClF2N5O2/c14-8-5-7(1-2-9(8)23-13(15)16)18-6-10-19-20-11-12(22)17-3-4-21(10)11/h1-5,13,18H,6H2,(H,17,22). The molecular weight excluding hydrogens is 332 g/mol. The Morgan fingerprint density at radius 3 is 2.96 bits per heavy atom. The second kappa shape index (κ2) is 6.21. The van der Waals surface area contributed by atoms with Crippen LogP contribution in [0.4, 0.5) is 14.5 Å². The van der Waals surface area contributed by atoms with Crippen LogP contribution >= 0.6 is 11.6 Å². The Balaban J connectivity index is 1.76. The van der Waals surface area contributed by atoms with Crippen molar-refractivity contribution in [3.63, 3.8) is 0 Å². The number of rotatable bonds is 5. The van der Waals surface area contributed by atoms with Gasteiger partial charge in [0.15, 0.2) is 5.82 Å². The second-order valence-electron chi connectivity index (χ2n) is 4.48. The Labute approximate surface area is 132 Å². The van der Waals surface area contributed by atoms with Gasteiger partial charge in [0.25, 0.3) is 5.56 Å². The van der Waals surface area contributed by atoms with Crippen molar-refractivity contribution < 1.29 is 13.5 Å². The number of aromatic amines is 1. The van der Waals surface area contributed by atoms with E-state index < -0.39 is 6.61 Å². The molecule has 0 aliphatic carbocycles. The summed E-state index contributed by atoms with van der Waals surface area (Å²) in [5.74, 6) is 0.404. The van der Waals surface area contributed by atoms with Gasteiger partial charge in [-0.25, -0.2) is 0 Å². The van der Waals surface area contributed by atoms with Gasteiger partial charge in [0.1, 0.15) is 5.75 Å². The number of hydrogen-bond donors (Lipinski definition) is 2. The van der Waals surface area contributed by atoms with Gasteiger partial charge in [-0.15, -0.1) is 10.2 Å². The van der Waals surface area contributed by atoms with Crippen LogP contribution in [-0.2, 0) is 6.54 Å². The summed E-state index contributed by atoms with van der Waals surface area (Å²) in [6.07, 6.45) is 3.11. The minimum atomic E-state index is -2.94. The highest BCUT2D eigenvalue weighted by Crippen LogP contribution is 2.29. The summed E-state index contributed by atoms with van der Waals surface area (Å²) in [4.78, 5) is 14.0. The number of nitrogens with one attached hydrogen (secondary N) is 2. The molecule has 0 aliphatic rings. The van der Waals surface area contributed by atoms with Crippen LogP contribution in [0.5, 0.6) is 5.75 Å². The predicted molar refractivity (Wildman–Crippen MR) is 79.0 cm³/mol. The van der Waals surface area contributed by atoms with Crippen LogP contribution in [0.1, 0.15) is 5.82 Å². The molecule has 2 N–H and O–H groups in total. The Bertz CT molecular complexity index is 895. The maximum absolute atomic E-state index is 12.2. The summed E-state index contributed by atoms with van der Waals surface area (Å²) in [7, 11) is 0. The molecule has 23 heavy (non-hydrogen) atoms. The third-order valence-corrected chi connectivity index (χ3v) is 3.30. The average Bonchev–Trinajstić information content (AvgIpc) is 2.92. The van der Waals surface area contributed by atoms with Gasteiger partial charge in [-0.1, -0.05) is 11.6 Å². The van der Waals surface area contributed by atoms with Gasteiger partial charge in [-0.05, 0) is 18.2 Å². The molecule has 0 saturated carbocycles. The molecule has 0 spiro atoms. The van der Waals surface area contributed by atoms with Crippen molar-refractivity contribution in [3.8, 4) is 5.75 Å². The number of benzene rings is 1. The number of nitrogens with zero attached hydrogens (tertiary/aromatic N) is 3. The van der Waals surface area contributed by atoms with Gasteiger partial charge in [0.05, 0.1) is 11.6 Å². The van der Waals surface area contributed by atoms with Crippen LogP contribution in [0, 0.1) is 0 Å². The van der Waals surface area contributed by atoms with E-state index in [0.29, 0.717) is 11.5 Å². The van der Waals surface area contributed by atoms with Crippen molar-refractivity contribution >= 4 is 22.9 Å². The molecule has 0 fully saturated rings. The molecule has 0 radical (unpaired) electrons. The normalized spacial score (nSPS) is 11.1.